The lowest BCUT2D eigenvalue weighted by molar-refractivity contribution is 0.0345. The van der Waals surface area contributed by atoms with Crippen LogP contribution >= 0.6 is 0 Å². The molecule has 1 aliphatic rings. The van der Waals surface area contributed by atoms with E-state index < -0.39 is 22.0 Å². The average molecular weight is 408 g/mol. The van der Waals surface area contributed by atoms with Gasteiger partial charge in [0, 0.05) is 19.6 Å². The first-order valence-corrected chi connectivity index (χ1v) is 10.6. The minimum Gasteiger partial charge on any atom is -0.462 e. The van der Waals surface area contributed by atoms with Crippen molar-refractivity contribution in [2.75, 3.05) is 39.5 Å². The normalized spacial score (nSPS) is 16.6. The SMILES string of the molecule is CCOC(=O)c1cn[nH]c1S(=O)(=O)NC(CN1CCOCC1)c1ccccc1. The van der Waals surface area contributed by atoms with E-state index in [1.165, 1.54) is 0 Å². The number of aromatic amines is 1. The molecule has 2 heterocycles. The van der Waals surface area contributed by atoms with Gasteiger partial charge in [-0.1, -0.05) is 30.3 Å². The Morgan fingerprint density at radius 3 is 2.71 bits per heavy atom. The molecule has 28 heavy (non-hydrogen) atoms. The van der Waals surface area contributed by atoms with Crippen molar-refractivity contribution < 1.29 is 22.7 Å². The van der Waals surface area contributed by atoms with Crippen molar-refractivity contribution in [3.05, 3.63) is 47.7 Å². The molecule has 1 atom stereocenters. The van der Waals surface area contributed by atoms with Crippen molar-refractivity contribution in [1.82, 2.24) is 19.8 Å². The highest BCUT2D eigenvalue weighted by Gasteiger charge is 2.30. The Kier molecular flexibility index (Phi) is 6.79. The zero-order chi connectivity index (χ0) is 20.0. The number of ether oxygens (including phenoxy) is 2. The smallest absolute Gasteiger partial charge is 0.342 e. The number of carbonyl (C=O) groups is 1. The van der Waals surface area contributed by atoms with Crippen molar-refractivity contribution in [2.24, 2.45) is 0 Å². The number of aromatic nitrogens is 2. The van der Waals surface area contributed by atoms with E-state index in [-0.39, 0.29) is 17.2 Å². The first kappa shape index (κ1) is 20.5. The van der Waals surface area contributed by atoms with Crippen molar-refractivity contribution in [2.45, 2.75) is 18.0 Å². The number of sulfonamides is 1. The van der Waals surface area contributed by atoms with Gasteiger partial charge in [0.25, 0.3) is 10.0 Å². The summed E-state index contributed by atoms with van der Waals surface area (Å²) >= 11 is 0. The molecule has 0 spiro atoms. The summed E-state index contributed by atoms with van der Waals surface area (Å²) in [4.78, 5) is 14.2. The van der Waals surface area contributed by atoms with Crippen LogP contribution in [-0.2, 0) is 19.5 Å². The summed E-state index contributed by atoms with van der Waals surface area (Å²) in [5.41, 5.74) is 0.710. The van der Waals surface area contributed by atoms with Crippen LogP contribution in [0.1, 0.15) is 28.9 Å². The average Bonchev–Trinajstić information content (AvgIpc) is 3.20. The molecule has 0 amide bonds. The molecule has 0 bridgehead atoms. The van der Waals surface area contributed by atoms with Gasteiger partial charge in [0.1, 0.15) is 5.56 Å². The Bertz CT molecular complexity index is 878. The summed E-state index contributed by atoms with van der Waals surface area (Å²) in [6.45, 7) is 4.95. The summed E-state index contributed by atoms with van der Waals surface area (Å²) in [6, 6.07) is 8.83. The van der Waals surface area contributed by atoms with Gasteiger partial charge < -0.3 is 9.47 Å². The maximum atomic E-state index is 13.0. The molecule has 2 aromatic rings. The maximum Gasteiger partial charge on any atom is 0.342 e. The van der Waals surface area contributed by atoms with Crippen molar-refractivity contribution in [1.29, 1.82) is 0 Å². The highest BCUT2D eigenvalue weighted by atomic mass is 32.2. The predicted octanol–water partition coefficient (Wildman–Crippen LogP) is 0.938. The second kappa shape index (κ2) is 9.28. The third kappa shape index (κ3) is 4.96. The molecule has 0 saturated carbocycles. The highest BCUT2D eigenvalue weighted by molar-refractivity contribution is 7.89. The van der Waals surface area contributed by atoms with E-state index in [4.69, 9.17) is 9.47 Å². The van der Waals surface area contributed by atoms with Gasteiger partial charge in [0.05, 0.1) is 32.1 Å². The number of benzene rings is 1. The quantitative estimate of drug-likeness (QED) is 0.625. The molecule has 3 rings (SSSR count). The van der Waals surface area contributed by atoms with Crippen LogP contribution in [0.25, 0.3) is 0 Å². The standard InChI is InChI=1S/C18H24N4O5S/c1-2-27-18(23)15-12-19-20-17(15)28(24,25)21-16(14-6-4-3-5-7-14)13-22-8-10-26-11-9-22/h3-7,12,16,21H,2,8-11,13H2,1H3,(H,19,20). The topological polar surface area (TPSA) is 114 Å². The van der Waals surface area contributed by atoms with Crippen molar-refractivity contribution in [3.8, 4) is 0 Å². The third-order valence-corrected chi connectivity index (χ3v) is 5.86. The maximum absolute atomic E-state index is 13.0. The second-order valence-electron chi connectivity index (χ2n) is 6.33. The summed E-state index contributed by atoms with van der Waals surface area (Å²) in [5.74, 6) is -0.735. The highest BCUT2D eigenvalue weighted by Crippen LogP contribution is 2.20. The molecule has 1 aromatic heterocycles. The molecule has 152 valence electrons. The van der Waals surface area contributed by atoms with Gasteiger partial charge in [0.2, 0.25) is 0 Å². The molecule has 0 aliphatic carbocycles. The van der Waals surface area contributed by atoms with E-state index in [9.17, 15) is 13.2 Å². The number of H-pyrrole nitrogens is 1. The van der Waals surface area contributed by atoms with E-state index >= 15 is 0 Å². The summed E-state index contributed by atoms with van der Waals surface area (Å²) < 4.78 is 39.0. The Hall–Kier alpha value is -2.27. The van der Waals surface area contributed by atoms with Gasteiger partial charge in [-0.3, -0.25) is 10.00 Å². The predicted molar refractivity (Wildman–Crippen MR) is 101 cm³/mol. The van der Waals surface area contributed by atoms with Crippen LogP contribution in [0, 0.1) is 0 Å². The number of carbonyl (C=O) groups excluding carboxylic acids is 1. The van der Waals surface area contributed by atoms with E-state index in [1.807, 2.05) is 30.3 Å². The van der Waals surface area contributed by atoms with Crippen LogP contribution in [0.4, 0.5) is 0 Å². The lowest BCUT2D eigenvalue weighted by Gasteiger charge is -2.30. The summed E-state index contributed by atoms with van der Waals surface area (Å²) in [5, 5.41) is 5.83. The van der Waals surface area contributed by atoms with Gasteiger partial charge in [-0.2, -0.15) is 5.10 Å². The van der Waals surface area contributed by atoms with Crippen LogP contribution in [0.5, 0.6) is 0 Å². The van der Waals surface area contributed by atoms with E-state index in [0.717, 1.165) is 24.8 Å². The van der Waals surface area contributed by atoms with Crippen LogP contribution in [0.15, 0.2) is 41.6 Å². The molecule has 9 nitrogen and oxygen atoms in total. The van der Waals surface area contributed by atoms with Crippen LogP contribution < -0.4 is 4.72 Å². The number of nitrogens with one attached hydrogen (secondary N) is 2. The van der Waals surface area contributed by atoms with Crippen molar-refractivity contribution >= 4 is 16.0 Å². The molecule has 1 unspecified atom stereocenters. The van der Waals surface area contributed by atoms with E-state index in [0.29, 0.717) is 19.8 Å². The fourth-order valence-electron chi connectivity index (χ4n) is 3.02. The third-order valence-electron chi connectivity index (χ3n) is 4.41. The van der Waals surface area contributed by atoms with E-state index in [1.54, 1.807) is 6.92 Å². The molecule has 1 fully saturated rings. The molecule has 10 heteroatoms. The monoisotopic (exact) mass is 408 g/mol. The molecule has 1 saturated heterocycles. The number of morpholine rings is 1. The van der Waals surface area contributed by atoms with Gasteiger partial charge >= 0.3 is 5.97 Å². The van der Waals surface area contributed by atoms with Crippen molar-refractivity contribution in [3.63, 3.8) is 0 Å². The van der Waals surface area contributed by atoms with Crippen LogP contribution in [0.3, 0.4) is 0 Å². The second-order valence-corrected chi connectivity index (χ2v) is 7.98. The largest absolute Gasteiger partial charge is 0.462 e. The number of nitrogens with zero attached hydrogens (tertiary/aromatic N) is 2. The Labute approximate surface area is 164 Å². The minimum atomic E-state index is -4.04. The van der Waals surface area contributed by atoms with Gasteiger partial charge in [0.15, 0.2) is 5.03 Å². The number of rotatable bonds is 8. The van der Waals surface area contributed by atoms with Crippen LogP contribution in [0.2, 0.25) is 0 Å². The lowest BCUT2D eigenvalue weighted by atomic mass is 10.1. The van der Waals surface area contributed by atoms with Gasteiger partial charge in [-0.05, 0) is 12.5 Å². The molecule has 0 radical (unpaired) electrons. The Morgan fingerprint density at radius 2 is 2.04 bits per heavy atom. The first-order valence-electron chi connectivity index (χ1n) is 9.09. The minimum absolute atomic E-state index is 0.118. The van der Waals surface area contributed by atoms with Gasteiger partial charge in [-0.25, -0.2) is 17.9 Å². The summed E-state index contributed by atoms with van der Waals surface area (Å²) in [6.07, 6.45) is 1.16. The fourth-order valence-corrected chi connectivity index (χ4v) is 4.32. The molecule has 2 N–H and O–H groups in total. The van der Waals surface area contributed by atoms with E-state index in [2.05, 4.69) is 19.8 Å². The molecule has 1 aliphatic heterocycles. The number of esters is 1. The Balaban J connectivity index is 1.85. The first-order chi connectivity index (χ1) is 13.5. The fraction of sp³-hybridized carbons (Fsp3) is 0.444. The molecular weight excluding hydrogens is 384 g/mol. The zero-order valence-corrected chi connectivity index (χ0v) is 16.4. The number of hydrogen-bond donors (Lipinski definition) is 2. The molecular formula is C18H24N4O5S. The number of hydrogen-bond acceptors (Lipinski definition) is 7. The lowest BCUT2D eigenvalue weighted by Crippen LogP contribution is -2.43. The summed E-state index contributed by atoms with van der Waals surface area (Å²) in [7, 11) is -4.04. The van der Waals surface area contributed by atoms with Crippen LogP contribution in [-0.4, -0.2) is 68.9 Å². The zero-order valence-electron chi connectivity index (χ0n) is 15.6. The Morgan fingerprint density at radius 1 is 1.32 bits per heavy atom. The molecule has 1 aromatic carbocycles. The van der Waals surface area contributed by atoms with Gasteiger partial charge in [-0.15, -0.1) is 0 Å².